The van der Waals surface area contributed by atoms with E-state index in [9.17, 15) is 22.9 Å². The number of sulfonamides is 1. The van der Waals surface area contributed by atoms with Gasteiger partial charge < -0.3 is 0 Å². The molecule has 1 rings (SSSR count). The topological polar surface area (TPSA) is 98.5 Å². The highest BCUT2D eigenvalue weighted by atomic mass is 32.2. The van der Waals surface area contributed by atoms with E-state index in [0.29, 0.717) is 12.1 Å². The molecule has 0 amide bonds. The molecule has 88 valence electrons. The van der Waals surface area contributed by atoms with Gasteiger partial charge in [-0.3, -0.25) is 15.0 Å². The Bertz CT molecular complexity index is 516. The number of nitro groups is 1. The highest BCUT2D eigenvalue weighted by Crippen LogP contribution is 2.21. The van der Waals surface area contributed by atoms with E-state index in [-0.39, 0.29) is 0 Å². The molecule has 9 heteroatoms. The van der Waals surface area contributed by atoms with Crippen molar-refractivity contribution in [2.45, 2.75) is 4.90 Å². The van der Waals surface area contributed by atoms with Crippen LogP contribution in [-0.2, 0) is 14.9 Å². The molecule has 0 saturated heterocycles. The van der Waals surface area contributed by atoms with Crippen molar-refractivity contribution in [3.63, 3.8) is 0 Å². The van der Waals surface area contributed by atoms with E-state index in [4.69, 9.17) is 0 Å². The van der Waals surface area contributed by atoms with Crippen molar-refractivity contribution in [1.82, 2.24) is 4.89 Å². The number of nitrogens with one attached hydrogen (secondary N) is 1. The first-order valence-electron chi connectivity index (χ1n) is 3.87. The van der Waals surface area contributed by atoms with Gasteiger partial charge in [0, 0.05) is 6.07 Å². The zero-order valence-corrected chi connectivity index (χ0v) is 8.82. The number of hydrogen-bond acceptors (Lipinski definition) is 5. The van der Waals surface area contributed by atoms with Gasteiger partial charge in [0.1, 0.15) is 0 Å². The van der Waals surface area contributed by atoms with Gasteiger partial charge in [0.25, 0.3) is 10.0 Å². The fraction of sp³-hybridized carbons (Fsp3) is 0.143. The predicted octanol–water partition coefficient (Wildman–Crippen LogP) is 0.574. The van der Waals surface area contributed by atoms with Crippen LogP contribution in [-0.4, -0.2) is 20.5 Å². The molecule has 7 nitrogen and oxygen atoms in total. The first-order valence-corrected chi connectivity index (χ1v) is 5.35. The van der Waals surface area contributed by atoms with Gasteiger partial charge >= 0.3 is 5.69 Å². The molecule has 0 aromatic heterocycles. The second kappa shape index (κ2) is 4.51. The molecule has 0 saturated carbocycles. The predicted molar refractivity (Wildman–Crippen MR) is 50.4 cm³/mol. The lowest BCUT2D eigenvalue weighted by Gasteiger charge is -2.03. The van der Waals surface area contributed by atoms with E-state index < -0.39 is 31.3 Å². The molecule has 0 atom stereocenters. The van der Waals surface area contributed by atoms with Gasteiger partial charge in [-0.2, -0.15) is 4.39 Å². The summed E-state index contributed by atoms with van der Waals surface area (Å²) in [5, 5.41) is 10.4. The number of halogens is 1. The summed E-state index contributed by atoms with van der Waals surface area (Å²) in [6, 6.07) is 2.20. The van der Waals surface area contributed by atoms with Crippen LogP contribution in [0.15, 0.2) is 23.1 Å². The quantitative estimate of drug-likeness (QED) is 0.622. The highest BCUT2D eigenvalue weighted by molar-refractivity contribution is 7.89. The standard InChI is InChI=1S/C7H7FN2O5S/c1-15-9-16(13,14)5-2-3-6(8)7(4-5)10(11)12/h2-4,9H,1H3. The number of benzene rings is 1. The third kappa shape index (κ3) is 2.51. The largest absolute Gasteiger partial charge is 0.306 e. The molecule has 0 aliphatic heterocycles. The Kier molecular flexibility index (Phi) is 3.52. The van der Waals surface area contributed by atoms with Crippen LogP contribution in [0.1, 0.15) is 0 Å². The molecular formula is C7H7FN2O5S. The summed E-state index contributed by atoms with van der Waals surface area (Å²) in [7, 11) is -2.96. The molecule has 0 spiro atoms. The van der Waals surface area contributed by atoms with Gasteiger partial charge in [-0.1, -0.05) is 4.89 Å². The number of nitro benzene ring substituents is 1. The highest BCUT2D eigenvalue weighted by Gasteiger charge is 2.21. The Morgan fingerprint density at radius 2 is 2.12 bits per heavy atom. The van der Waals surface area contributed by atoms with E-state index in [1.807, 2.05) is 0 Å². The minimum atomic E-state index is -4.03. The maximum atomic E-state index is 12.9. The van der Waals surface area contributed by atoms with Crippen molar-refractivity contribution in [3.8, 4) is 0 Å². The van der Waals surface area contributed by atoms with E-state index in [0.717, 1.165) is 13.2 Å². The Balaban J connectivity index is 3.28. The van der Waals surface area contributed by atoms with Gasteiger partial charge in [0.2, 0.25) is 5.82 Å². The normalized spacial score (nSPS) is 11.4. The van der Waals surface area contributed by atoms with E-state index >= 15 is 0 Å². The van der Waals surface area contributed by atoms with Crippen LogP contribution in [0.2, 0.25) is 0 Å². The maximum absolute atomic E-state index is 12.9. The van der Waals surface area contributed by atoms with Crippen LogP contribution in [0.4, 0.5) is 10.1 Å². The van der Waals surface area contributed by atoms with E-state index in [1.165, 1.54) is 0 Å². The summed E-state index contributed by atoms with van der Waals surface area (Å²) in [6.07, 6.45) is 0. The average molecular weight is 250 g/mol. The van der Waals surface area contributed by atoms with Crippen molar-refractivity contribution in [3.05, 3.63) is 34.1 Å². The molecule has 0 bridgehead atoms. The molecule has 1 aromatic rings. The fourth-order valence-electron chi connectivity index (χ4n) is 0.957. The van der Waals surface area contributed by atoms with Crippen LogP contribution in [0.3, 0.4) is 0 Å². The SMILES string of the molecule is CONS(=O)(=O)c1ccc(F)c([N+](=O)[O-])c1. The monoisotopic (exact) mass is 250 g/mol. The van der Waals surface area contributed by atoms with Crippen LogP contribution in [0.5, 0.6) is 0 Å². The van der Waals surface area contributed by atoms with Crippen molar-refractivity contribution < 1.29 is 22.6 Å². The molecule has 16 heavy (non-hydrogen) atoms. The molecule has 1 aromatic carbocycles. The van der Waals surface area contributed by atoms with Crippen molar-refractivity contribution in [2.75, 3.05) is 7.11 Å². The second-order valence-electron chi connectivity index (χ2n) is 2.66. The van der Waals surface area contributed by atoms with Crippen molar-refractivity contribution in [1.29, 1.82) is 0 Å². The molecule has 0 radical (unpaired) electrons. The Labute approximate surface area is 90.0 Å². The summed E-state index contributed by atoms with van der Waals surface area (Å²) in [5.41, 5.74) is -0.918. The first-order chi connectivity index (χ1) is 7.38. The number of nitrogens with zero attached hydrogens (tertiary/aromatic N) is 1. The lowest BCUT2D eigenvalue weighted by atomic mass is 10.3. The summed E-state index contributed by atoms with van der Waals surface area (Å²) in [5.74, 6) is -1.11. The van der Waals surface area contributed by atoms with Gasteiger partial charge in [-0.05, 0) is 12.1 Å². The third-order valence-electron chi connectivity index (χ3n) is 1.62. The first kappa shape index (κ1) is 12.5. The lowest BCUT2D eigenvalue weighted by Crippen LogP contribution is -2.22. The summed E-state index contributed by atoms with van der Waals surface area (Å²) in [4.78, 5) is 14.8. The Morgan fingerprint density at radius 1 is 1.50 bits per heavy atom. The molecule has 0 aliphatic rings. The summed E-state index contributed by atoms with van der Waals surface area (Å²) >= 11 is 0. The minimum Gasteiger partial charge on any atom is -0.290 e. The molecule has 0 unspecified atom stereocenters. The number of rotatable bonds is 4. The van der Waals surface area contributed by atoms with Crippen molar-refractivity contribution >= 4 is 15.7 Å². The zero-order chi connectivity index (χ0) is 12.3. The summed E-state index contributed by atoms with van der Waals surface area (Å²) in [6.45, 7) is 0. The van der Waals surface area contributed by atoms with Gasteiger partial charge in [0.05, 0.1) is 16.9 Å². The Morgan fingerprint density at radius 3 is 2.62 bits per heavy atom. The van der Waals surface area contributed by atoms with Crippen LogP contribution in [0.25, 0.3) is 0 Å². The van der Waals surface area contributed by atoms with Crippen molar-refractivity contribution in [2.24, 2.45) is 0 Å². The van der Waals surface area contributed by atoms with Gasteiger partial charge in [-0.25, -0.2) is 8.42 Å². The van der Waals surface area contributed by atoms with Gasteiger partial charge in [0.15, 0.2) is 0 Å². The van der Waals surface area contributed by atoms with Crippen LogP contribution < -0.4 is 4.89 Å². The van der Waals surface area contributed by atoms with Crippen LogP contribution >= 0.6 is 0 Å². The smallest absolute Gasteiger partial charge is 0.290 e. The molecular weight excluding hydrogens is 243 g/mol. The molecule has 0 heterocycles. The number of hydrogen-bond donors (Lipinski definition) is 1. The molecule has 0 aliphatic carbocycles. The lowest BCUT2D eigenvalue weighted by molar-refractivity contribution is -0.387. The Hall–Kier alpha value is -1.58. The third-order valence-corrected chi connectivity index (χ3v) is 2.88. The fourth-order valence-corrected chi connectivity index (χ4v) is 1.79. The van der Waals surface area contributed by atoms with Gasteiger partial charge in [-0.15, -0.1) is 0 Å². The van der Waals surface area contributed by atoms with E-state index in [2.05, 4.69) is 4.84 Å². The second-order valence-corrected chi connectivity index (χ2v) is 4.31. The average Bonchev–Trinajstić information content (AvgIpc) is 2.17. The molecule has 0 fully saturated rings. The zero-order valence-electron chi connectivity index (χ0n) is 8.01. The van der Waals surface area contributed by atoms with Crippen LogP contribution in [0, 0.1) is 15.9 Å². The summed E-state index contributed by atoms with van der Waals surface area (Å²) < 4.78 is 35.6. The maximum Gasteiger partial charge on any atom is 0.306 e. The van der Waals surface area contributed by atoms with E-state index in [1.54, 1.807) is 4.89 Å². The minimum absolute atomic E-state index is 0.456. The molecule has 1 N–H and O–H groups in total.